The van der Waals surface area contributed by atoms with Crippen molar-refractivity contribution in [3.8, 4) is 11.5 Å². The van der Waals surface area contributed by atoms with Crippen molar-refractivity contribution in [3.05, 3.63) is 42.0 Å². The zero-order valence-electron chi connectivity index (χ0n) is 18.0. The number of benzene rings is 2. The summed E-state index contributed by atoms with van der Waals surface area (Å²) in [7, 11) is -3.73. The van der Waals surface area contributed by atoms with Crippen LogP contribution < -0.4 is 24.0 Å². The SMILES string of the molecule is Cc1cc(NC(=O)CN(c2ccc3c(c2)OCCO3)S(C)(=O)=O)ccc1N1CCCC1=O. The number of amides is 2. The highest BCUT2D eigenvalue weighted by molar-refractivity contribution is 7.92. The van der Waals surface area contributed by atoms with E-state index in [0.29, 0.717) is 49.1 Å². The molecule has 0 saturated carbocycles. The molecule has 1 saturated heterocycles. The number of rotatable bonds is 6. The van der Waals surface area contributed by atoms with Crippen LogP contribution in [-0.2, 0) is 19.6 Å². The van der Waals surface area contributed by atoms with Crippen LogP contribution in [0.4, 0.5) is 17.1 Å². The zero-order chi connectivity index (χ0) is 22.9. The number of sulfonamides is 1. The summed E-state index contributed by atoms with van der Waals surface area (Å²) in [5.41, 5.74) is 2.51. The highest BCUT2D eigenvalue weighted by Crippen LogP contribution is 2.34. The molecule has 170 valence electrons. The quantitative estimate of drug-likeness (QED) is 0.711. The van der Waals surface area contributed by atoms with E-state index in [1.807, 2.05) is 6.92 Å². The Hall–Kier alpha value is -3.27. The molecule has 0 aliphatic carbocycles. The Morgan fingerprint density at radius 3 is 2.53 bits per heavy atom. The molecule has 1 N–H and O–H groups in total. The first-order chi connectivity index (χ1) is 15.2. The lowest BCUT2D eigenvalue weighted by atomic mass is 10.1. The van der Waals surface area contributed by atoms with Gasteiger partial charge in [0.05, 0.1) is 11.9 Å². The average Bonchev–Trinajstić information content (AvgIpc) is 3.16. The van der Waals surface area contributed by atoms with E-state index in [9.17, 15) is 18.0 Å². The van der Waals surface area contributed by atoms with Gasteiger partial charge in [0.1, 0.15) is 19.8 Å². The summed E-state index contributed by atoms with van der Waals surface area (Å²) in [6.45, 7) is 2.95. The number of anilines is 3. The molecule has 10 heteroatoms. The van der Waals surface area contributed by atoms with Gasteiger partial charge in [-0.1, -0.05) is 0 Å². The number of hydrogen-bond acceptors (Lipinski definition) is 6. The maximum Gasteiger partial charge on any atom is 0.245 e. The standard InChI is InChI=1S/C22H25N3O6S/c1-15-12-16(5-7-18(15)24-9-3-4-22(24)27)23-21(26)14-25(32(2,28)29)17-6-8-19-20(13-17)31-11-10-30-19/h5-8,12-13H,3-4,9-11,14H2,1-2H3,(H,23,26). The van der Waals surface area contributed by atoms with Crippen LogP contribution in [0.1, 0.15) is 18.4 Å². The van der Waals surface area contributed by atoms with Crippen LogP contribution in [0.5, 0.6) is 11.5 Å². The maximum atomic E-state index is 12.7. The first-order valence-electron chi connectivity index (χ1n) is 10.3. The van der Waals surface area contributed by atoms with E-state index in [0.717, 1.165) is 28.2 Å². The van der Waals surface area contributed by atoms with Crippen molar-refractivity contribution in [2.24, 2.45) is 0 Å². The number of nitrogens with zero attached hydrogens (tertiary/aromatic N) is 2. The summed E-state index contributed by atoms with van der Waals surface area (Å²) in [6.07, 6.45) is 2.42. The molecule has 2 heterocycles. The minimum Gasteiger partial charge on any atom is -0.486 e. The van der Waals surface area contributed by atoms with Crippen molar-refractivity contribution in [1.82, 2.24) is 0 Å². The van der Waals surface area contributed by atoms with Crippen molar-refractivity contribution in [2.75, 3.05) is 47.1 Å². The van der Waals surface area contributed by atoms with Gasteiger partial charge < -0.3 is 19.7 Å². The highest BCUT2D eigenvalue weighted by Gasteiger charge is 2.25. The summed E-state index contributed by atoms with van der Waals surface area (Å²) < 4.78 is 36.8. The first kappa shape index (κ1) is 21.9. The fourth-order valence-electron chi connectivity index (χ4n) is 3.86. The van der Waals surface area contributed by atoms with E-state index < -0.39 is 22.5 Å². The van der Waals surface area contributed by atoms with Crippen LogP contribution in [0.2, 0.25) is 0 Å². The molecule has 2 aromatic carbocycles. The number of ether oxygens (including phenoxy) is 2. The molecule has 0 atom stereocenters. The van der Waals surface area contributed by atoms with Crippen LogP contribution in [0.15, 0.2) is 36.4 Å². The predicted octanol–water partition coefficient (Wildman–Crippen LogP) is 2.30. The molecule has 0 radical (unpaired) electrons. The van der Waals surface area contributed by atoms with Crippen LogP contribution in [0, 0.1) is 6.92 Å². The number of fused-ring (bicyclic) bond motifs is 1. The zero-order valence-corrected chi connectivity index (χ0v) is 18.8. The lowest BCUT2D eigenvalue weighted by Crippen LogP contribution is -2.37. The van der Waals surface area contributed by atoms with Gasteiger partial charge in [0.2, 0.25) is 21.8 Å². The lowest BCUT2D eigenvalue weighted by molar-refractivity contribution is -0.117. The Morgan fingerprint density at radius 2 is 1.88 bits per heavy atom. The molecule has 2 aliphatic heterocycles. The van der Waals surface area contributed by atoms with E-state index in [1.165, 1.54) is 0 Å². The summed E-state index contributed by atoms with van der Waals surface area (Å²) >= 11 is 0. The van der Waals surface area contributed by atoms with Crippen LogP contribution in [-0.4, -0.2) is 52.8 Å². The molecule has 0 bridgehead atoms. The molecular formula is C22H25N3O6S. The maximum absolute atomic E-state index is 12.7. The summed E-state index contributed by atoms with van der Waals surface area (Å²) in [5.74, 6) is 0.568. The van der Waals surface area contributed by atoms with E-state index in [-0.39, 0.29) is 5.91 Å². The Bertz CT molecular complexity index is 1160. The van der Waals surface area contributed by atoms with Gasteiger partial charge in [0, 0.05) is 30.4 Å². The van der Waals surface area contributed by atoms with Crippen molar-refractivity contribution in [1.29, 1.82) is 0 Å². The van der Waals surface area contributed by atoms with E-state index in [4.69, 9.17) is 9.47 Å². The van der Waals surface area contributed by atoms with Crippen molar-refractivity contribution in [2.45, 2.75) is 19.8 Å². The minimum absolute atomic E-state index is 0.0908. The van der Waals surface area contributed by atoms with Gasteiger partial charge in [-0.3, -0.25) is 13.9 Å². The fraction of sp³-hybridized carbons (Fsp3) is 0.364. The molecule has 2 aromatic rings. The van der Waals surface area contributed by atoms with Crippen LogP contribution in [0.3, 0.4) is 0 Å². The Morgan fingerprint density at radius 1 is 1.12 bits per heavy atom. The molecule has 2 amide bonds. The number of hydrogen-bond donors (Lipinski definition) is 1. The number of nitrogens with one attached hydrogen (secondary N) is 1. The van der Waals surface area contributed by atoms with Crippen molar-refractivity contribution in [3.63, 3.8) is 0 Å². The van der Waals surface area contributed by atoms with Crippen LogP contribution in [0.25, 0.3) is 0 Å². The lowest BCUT2D eigenvalue weighted by Gasteiger charge is -2.25. The largest absolute Gasteiger partial charge is 0.486 e. The fourth-order valence-corrected chi connectivity index (χ4v) is 4.71. The third-order valence-corrected chi connectivity index (χ3v) is 6.49. The van der Waals surface area contributed by atoms with E-state index in [2.05, 4.69) is 5.32 Å². The Labute approximate surface area is 187 Å². The molecule has 1 fully saturated rings. The third-order valence-electron chi connectivity index (χ3n) is 5.35. The van der Waals surface area contributed by atoms with Gasteiger partial charge in [-0.15, -0.1) is 0 Å². The summed E-state index contributed by atoms with van der Waals surface area (Å²) in [6, 6.07) is 10.0. The molecule has 0 aromatic heterocycles. The second-order valence-corrected chi connectivity index (χ2v) is 9.70. The van der Waals surface area contributed by atoms with Gasteiger partial charge in [0.25, 0.3) is 0 Å². The predicted molar refractivity (Wildman–Crippen MR) is 121 cm³/mol. The number of aryl methyl sites for hydroxylation is 1. The molecule has 2 aliphatic rings. The number of carbonyl (C=O) groups excluding carboxylic acids is 2. The van der Waals surface area contributed by atoms with E-state index in [1.54, 1.807) is 41.3 Å². The first-order valence-corrected chi connectivity index (χ1v) is 12.2. The average molecular weight is 460 g/mol. The van der Waals surface area contributed by atoms with Gasteiger partial charge in [0.15, 0.2) is 11.5 Å². The van der Waals surface area contributed by atoms with Crippen molar-refractivity contribution >= 4 is 38.9 Å². The van der Waals surface area contributed by atoms with Crippen molar-refractivity contribution < 1.29 is 27.5 Å². The third kappa shape index (κ3) is 4.64. The highest BCUT2D eigenvalue weighted by atomic mass is 32.2. The topological polar surface area (TPSA) is 105 Å². The summed E-state index contributed by atoms with van der Waals surface area (Å²) in [5, 5.41) is 2.74. The minimum atomic E-state index is -3.73. The van der Waals surface area contributed by atoms with Gasteiger partial charge in [-0.2, -0.15) is 0 Å². The van der Waals surface area contributed by atoms with Gasteiger partial charge >= 0.3 is 0 Å². The molecule has 0 unspecified atom stereocenters. The molecular weight excluding hydrogens is 434 g/mol. The molecule has 32 heavy (non-hydrogen) atoms. The van der Waals surface area contributed by atoms with Gasteiger partial charge in [-0.05, 0) is 49.2 Å². The second kappa shape index (κ2) is 8.70. The van der Waals surface area contributed by atoms with Gasteiger partial charge in [-0.25, -0.2) is 8.42 Å². The molecule has 4 rings (SSSR count). The smallest absolute Gasteiger partial charge is 0.245 e. The normalized spacial score (nSPS) is 15.6. The monoisotopic (exact) mass is 459 g/mol. The Kier molecular flexibility index (Phi) is 5.96. The molecule has 9 nitrogen and oxygen atoms in total. The molecule has 0 spiro atoms. The van der Waals surface area contributed by atoms with E-state index >= 15 is 0 Å². The Balaban J connectivity index is 1.50. The number of carbonyl (C=O) groups is 2. The summed E-state index contributed by atoms with van der Waals surface area (Å²) in [4.78, 5) is 26.4. The second-order valence-electron chi connectivity index (χ2n) is 7.80. The van der Waals surface area contributed by atoms with Crippen LogP contribution >= 0.6 is 0 Å².